The first-order valence-electron chi connectivity index (χ1n) is 6.27. The number of nitrogens with zero attached hydrogens (tertiary/aromatic N) is 3. The van der Waals surface area contributed by atoms with Crippen LogP contribution in [-0.4, -0.2) is 21.9 Å². The molecule has 2 heterocycles. The van der Waals surface area contributed by atoms with Crippen molar-refractivity contribution in [1.82, 2.24) is 14.9 Å². The molecule has 0 N–H and O–H groups in total. The highest BCUT2D eigenvalue weighted by Crippen LogP contribution is 2.21. The van der Waals surface area contributed by atoms with E-state index < -0.39 is 0 Å². The van der Waals surface area contributed by atoms with Crippen LogP contribution in [-0.2, 0) is 13.1 Å². The van der Waals surface area contributed by atoms with E-state index >= 15 is 0 Å². The quantitative estimate of drug-likeness (QED) is 0.836. The topological polar surface area (TPSA) is 29.0 Å². The molecule has 0 saturated carbocycles. The van der Waals surface area contributed by atoms with Crippen molar-refractivity contribution in [2.24, 2.45) is 0 Å². The molecule has 2 aromatic rings. The molecular weight excluding hydrogens is 278 g/mol. The van der Waals surface area contributed by atoms with Crippen molar-refractivity contribution >= 4 is 22.9 Å². The van der Waals surface area contributed by atoms with Gasteiger partial charge in [-0.15, -0.1) is 11.3 Å². The third-order valence-electron chi connectivity index (χ3n) is 2.79. The van der Waals surface area contributed by atoms with Crippen molar-refractivity contribution < 1.29 is 0 Å². The molecule has 5 heteroatoms. The van der Waals surface area contributed by atoms with E-state index in [1.165, 1.54) is 5.01 Å². The van der Waals surface area contributed by atoms with Gasteiger partial charge in [-0.25, -0.2) is 4.98 Å². The molecule has 0 atom stereocenters. The van der Waals surface area contributed by atoms with Crippen molar-refractivity contribution in [1.29, 1.82) is 0 Å². The number of hydrogen-bond acceptors (Lipinski definition) is 4. The standard InChI is InChI=1S/C14H18ClN3S/c1-10(2)14-17-12(9-19-14)8-18(3)7-11-4-5-16-6-13(11)15/h4-6,9-10H,7-8H2,1-3H3. The molecule has 0 aromatic carbocycles. The predicted octanol–water partition coefficient (Wildman–Crippen LogP) is 3.95. The summed E-state index contributed by atoms with van der Waals surface area (Å²) in [6.07, 6.45) is 3.46. The average Bonchev–Trinajstić information content (AvgIpc) is 2.80. The van der Waals surface area contributed by atoms with Crippen LogP contribution in [0.1, 0.15) is 36.0 Å². The molecule has 0 fully saturated rings. The summed E-state index contributed by atoms with van der Waals surface area (Å²) in [7, 11) is 2.07. The number of aromatic nitrogens is 2. The molecule has 2 aromatic heterocycles. The minimum atomic E-state index is 0.499. The lowest BCUT2D eigenvalue weighted by molar-refractivity contribution is 0.315. The van der Waals surface area contributed by atoms with Gasteiger partial charge in [0.15, 0.2) is 0 Å². The fourth-order valence-corrected chi connectivity index (χ4v) is 2.82. The summed E-state index contributed by atoms with van der Waals surface area (Å²) in [5.74, 6) is 0.499. The smallest absolute Gasteiger partial charge is 0.0954 e. The largest absolute Gasteiger partial charge is 0.296 e. The summed E-state index contributed by atoms with van der Waals surface area (Å²) in [5, 5.41) is 4.06. The molecule has 102 valence electrons. The zero-order valence-electron chi connectivity index (χ0n) is 11.4. The molecule has 19 heavy (non-hydrogen) atoms. The van der Waals surface area contributed by atoms with Gasteiger partial charge >= 0.3 is 0 Å². The summed E-state index contributed by atoms with van der Waals surface area (Å²) >= 11 is 7.85. The van der Waals surface area contributed by atoms with Gasteiger partial charge in [0, 0.05) is 36.8 Å². The maximum atomic E-state index is 6.11. The Morgan fingerprint density at radius 3 is 2.79 bits per heavy atom. The van der Waals surface area contributed by atoms with Crippen molar-refractivity contribution in [2.75, 3.05) is 7.05 Å². The zero-order chi connectivity index (χ0) is 13.8. The minimum Gasteiger partial charge on any atom is -0.296 e. The van der Waals surface area contributed by atoms with Crippen LogP contribution in [0.3, 0.4) is 0 Å². The Hall–Kier alpha value is -0.970. The number of rotatable bonds is 5. The van der Waals surface area contributed by atoms with Crippen molar-refractivity contribution in [2.45, 2.75) is 32.9 Å². The van der Waals surface area contributed by atoms with Crippen molar-refractivity contribution in [3.63, 3.8) is 0 Å². The van der Waals surface area contributed by atoms with Gasteiger partial charge in [-0.05, 0) is 18.7 Å². The second-order valence-corrected chi connectivity index (χ2v) is 6.27. The van der Waals surface area contributed by atoms with Gasteiger partial charge in [0.05, 0.1) is 15.7 Å². The second kappa shape index (κ2) is 6.46. The van der Waals surface area contributed by atoms with Crippen LogP contribution in [0.2, 0.25) is 5.02 Å². The molecule has 3 nitrogen and oxygen atoms in total. The molecule has 2 rings (SSSR count). The second-order valence-electron chi connectivity index (χ2n) is 4.97. The Morgan fingerprint density at radius 2 is 2.16 bits per heavy atom. The van der Waals surface area contributed by atoms with E-state index in [1.54, 1.807) is 23.7 Å². The SMILES string of the molecule is CC(C)c1nc(CN(C)Cc2ccncc2Cl)cs1. The molecule has 0 amide bonds. The number of thiazole rings is 1. The zero-order valence-corrected chi connectivity index (χ0v) is 13.0. The van der Waals surface area contributed by atoms with E-state index in [1.807, 2.05) is 6.07 Å². The van der Waals surface area contributed by atoms with Gasteiger partial charge in [0.1, 0.15) is 0 Å². The van der Waals surface area contributed by atoms with E-state index in [9.17, 15) is 0 Å². The number of pyridine rings is 1. The highest BCUT2D eigenvalue weighted by atomic mass is 35.5. The lowest BCUT2D eigenvalue weighted by Crippen LogP contribution is -2.17. The molecule has 0 aliphatic heterocycles. The molecule has 0 unspecified atom stereocenters. The summed E-state index contributed by atoms with van der Waals surface area (Å²) in [5.41, 5.74) is 2.22. The van der Waals surface area contributed by atoms with E-state index in [2.05, 4.69) is 41.1 Å². The summed E-state index contributed by atoms with van der Waals surface area (Å²) in [6, 6.07) is 1.96. The summed E-state index contributed by atoms with van der Waals surface area (Å²) in [4.78, 5) is 10.9. The predicted molar refractivity (Wildman–Crippen MR) is 80.6 cm³/mol. The first-order valence-corrected chi connectivity index (χ1v) is 7.53. The van der Waals surface area contributed by atoms with Crippen molar-refractivity contribution in [3.8, 4) is 0 Å². The summed E-state index contributed by atoms with van der Waals surface area (Å²) in [6.45, 7) is 5.98. The highest BCUT2D eigenvalue weighted by molar-refractivity contribution is 7.09. The first kappa shape index (κ1) is 14.4. The van der Waals surface area contributed by atoms with E-state index in [0.29, 0.717) is 5.92 Å². The van der Waals surface area contributed by atoms with Crippen LogP contribution in [0.5, 0.6) is 0 Å². The van der Waals surface area contributed by atoms with Crippen LogP contribution in [0.25, 0.3) is 0 Å². The molecule has 0 spiro atoms. The molecule has 0 bridgehead atoms. The van der Waals surface area contributed by atoms with Crippen LogP contribution in [0.4, 0.5) is 0 Å². The van der Waals surface area contributed by atoms with Gasteiger partial charge in [-0.3, -0.25) is 9.88 Å². The third kappa shape index (κ3) is 4.00. The van der Waals surface area contributed by atoms with E-state index in [4.69, 9.17) is 11.6 Å². The number of halogens is 1. The summed E-state index contributed by atoms with van der Waals surface area (Å²) < 4.78 is 0. The maximum Gasteiger partial charge on any atom is 0.0954 e. The Bertz CT molecular complexity index is 539. The first-order chi connectivity index (χ1) is 9.06. The lowest BCUT2D eigenvalue weighted by Gasteiger charge is -2.16. The van der Waals surface area contributed by atoms with Crippen LogP contribution >= 0.6 is 22.9 Å². The monoisotopic (exact) mass is 295 g/mol. The van der Waals surface area contributed by atoms with E-state index in [0.717, 1.165) is 29.4 Å². The van der Waals surface area contributed by atoms with Crippen LogP contribution < -0.4 is 0 Å². The molecule has 0 radical (unpaired) electrons. The fraction of sp³-hybridized carbons (Fsp3) is 0.429. The normalized spacial score (nSPS) is 11.5. The molecule has 0 aliphatic rings. The molecule has 0 saturated heterocycles. The maximum absolute atomic E-state index is 6.11. The van der Waals surface area contributed by atoms with Gasteiger partial charge < -0.3 is 0 Å². The van der Waals surface area contributed by atoms with Gasteiger partial charge in [0.2, 0.25) is 0 Å². The van der Waals surface area contributed by atoms with Crippen LogP contribution in [0.15, 0.2) is 23.8 Å². The lowest BCUT2D eigenvalue weighted by atomic mass is 10.2. The van der Waals surface area contributed by atoms with Gasteiger partial charge in [-0.2, -0.15) is 0 Å². The highest BCUT2D eigenvalue weighted by Gasteiger charge is 2.09. The van der Waals surface area contributed by atoms with Crippen LogP contribution in [0, 0.1) is 0 Å². The van der Waals surface area contributed by atoms with Gasteiger partial charge in [-0.1, -0.05) is 25.4 Å². The van der Waals surface area contributed by atoms with Gasteiger partial charge in [0.25, 0.3) is 0 Å². The number of hydrogen-bond donors (Lipinski definition) is 0. The Kier molecular flexibility index (Phi) is 4.91. The van der Waals surface area contributed by atoms with Crippen molar-refractivity contribution in [3.05, 3.63) is 45.1 Å². The third-order valence-corrected chi connectivity index (χ3v) is 4.33. The Labute approximate surface area is 123 Å². The molecular formula is C14H18ClN3S. The van der Waals surface area contributed by atoms with E-state index in [-0.39, 0.29) is 0 Å². The minimum absolute atomic E-state index is 0.499. The Balaban J connectivity index is 1.97. The molecule has 0 aliphatic carbocycles. The fourth-order valence-electron chi connectivity index (χ4n) is 1.82. The average molecular weight is 296 g/mol. The Morgan fingerprint density at radius 1 is 1.37 bits per heavy atom.